The first kappa shape index (κ1) is 11.7. The zero-order chi connectivity index (χ0) is 10.6. The van der Waals surface area contributed by atoms with E-state index in [-0.39, 0.29) is 12.2 Å². The van der Waals surface area contributed by atoms with Crippen LogP contribution in [0.2, 0.25) is 0 Å². The maximum Gasteiger partial charge on any atom is 0.105 e. The third-order valence-corrected chi connectivity index (χ3v) is 3.02. The van der Waals surface area contributed by atoms with Crippen molar-refractivity contribution in [2.24, 2.45) is 0 Å². The van der Waals surface area contributed by atoms with Crippen LogP contribution in [0.15, 0.2) is 11.1 Å². The van der Waals surface area contributed by atoms with Gasteiger partial charge in [-0.25, -0.2) is 0 Å². The smallest absolute Gasteiger partial charge is 0.105 e. The van der Waals surface area contributed by atoms with Gasteiger partial charge in [0, 0.05) is 20.8 Å². The Bertz CT molecular complexity index is 213. The van der Waals surface area contributed by atoms with Gasteiger partial charge in [0.1, 0.15) is 6.10 Å². The molecule has 0 radical (unpaired) electrons. The zero-order valence-electron chi connectivity index (χ0n) is 9.59. The molecule has 0 bridgehead atoms. The molecule has 2 unspecified atom stereocenters. The highest BCUT2D eigenvalue weighted by Crippen LogP contribution is 2.19. The Morgan fingerprint density at radius 1 is 1.21 bits per heavy atom. The predicted molar refractivity (Wildman–Crippen MR) is 57.5 cm³/mol. The summed E-state index contributed by atoms with van der Waals surface area (Å²) in [5, 5.41) is 3.36. The molecule has 3 heteroatoms. The monoisotopic (exact) mass is 199 g/mol. The summed E-state index contributed by atoms with van der Waals surface area (Å²) in [7, 11) is 3.48. The molecule has 0 saturated carbocycles. The van der Waals surface area contributed by atoms with Gasteiger partial charge in [-0.15, -0.1) is 0 Å². The highest BCUT2D eigenvalue weighted by Gasteiger charge is 2.24. The van der Waals surface area contributed by atoms with Gasteiger partial charge in [-0.3, -0.25) is 0 Å². The third kappa shape index (κ3) is 2.56. The lowest BCUT2D eigenvalue weighted by Gasteiger charge is -2.29. The SMILES string of the molecule is COC1CNCC/C(C)=C(/C)C1OC. The largest absolute Gasteiger partial charge is 0.377 e. The topological polar surface area (TPSA) is 30.5 Å². The second-order valence-electron chi connectivity index (χ2n) is 3.85. The van der Waals surface area contributed by atoms with Crippen LogP contribution in [0, 0.1) is 0 Å². The van der Waals surface area contributed by atoms with Crippen LogP contribution in [0.5, 0.6) is 0 Å². The summed E-state index contributed by atoms with van der Waals surface area (Å²) < 4.78 is 10.9. The number of nitrogens with one attached hydrogen (secondary N) is 1. The Morgan fingerprint density at radius 3 is 2.50 bits per heavy atom. The minimum Gasteiger partial charge on any atom is -0.377 e. The molecule has 0 aromatic heterocycles. The molecule has 1 aliphatic rings. The molecule has 0 aromatic rings. The molecule has 0 spiro atoms. The number of hydrogen-bond donors (Lipinski definition) is 1. The second kappa shape index (κ2) is 5.49. The van der Waals surface area contributed by atoms with Gasteiger partial charge < -0.3 is 14.8 Å². The van der Waals surface area contributed by atoms with Gasteiger partial charge >= 0.3 is 0 Å². The van der Waals surface area contributed by atoms with Crippen molar-refractivity contribution in [1.29, 1.82) is 0 Å². The summed E-state index contributed by atoms with van der Waals surface area (Å²) in [6.45, 7) is 6.20. The first-order valence-corrected chi connectivity index (χ1v) is 5.13. The van der Waals surface area contributed by atoms with E-state index in [0.29, 0.717) is 0 Å². The molecule has 14 heavy (non-hydrogen) atoms. The molecule has 0 aromatic carbocycles. The second-order valence-corrected chi connectivity index (χ2v) is 3.85. The standard InChI is InChI=1S/C11H21NO2/c1-8-5-6-12-7-10(13-3)11(14-4)9(8)2/h10-12H,5-7H2,1-4H3/b9-8-. The van der Waals surface area contributed by atoms with Gasteiger partial charge in [0.05, 0.1) is 6.10 Å². The average molecular weight is 199 g/mol. The molecular formula is C11H21NO2. The Balaban J connectivity index is 2.85. The Hall–Kier alpha value is -0.380. The Labute approximate surface area is 86.5 Å². The predicted octanol–water partition coefficient (Wildman–Crippen LogP) is 1.35. The van der Waals surface area contributed by atoms with Crippen LogP contribution in [-0.2, 0) is 9.47 Å². The Morgan fingerprint density at radius 2 is 1.93 bits per heavy atom. The van der Waals surface area contributed by atoms with Crippen molar-refractivity contribution in [2.75, 3.05) is 27.3 Å². The lowest BCUT2D eigenvalue weighted by molar-refractivity contribution is -0.0174. The van der Waals surface area contributed by atoms with E-state index in [1.165, 1.54) is 11.1 Å². The normalized spacial score (nSPS) is 35.1. The fraction of sp³-hybridized carbons (Fsp3) is 0.818. The lowest BCUT2D eigenvalue weighted by atomic mass is 9.97. The molecule has 1 N–H and O–H groups in total. The fourth-order valence-electron chi connectivity index (χ4n) is 1.88. The quantitative estimate of drug-likeness (QED) is 0.681. The third-order valence-electron chi connectivity index (χ3n) is 3.02. The summed E-state index contributed by atoms with van der Waals surface area (Å²) in [6, 6.07) is 0. The van der Waals surface area contributed by atoms with Crippen molar-refractivity contribution in [3.8, 4) is 0 Å². The maximum absolute atomic E-state index is 5.49. The van der Waals surface area contributed by atoms with Gasteiger partial charge in [0.2, 0.25) is 0 Å². The summed E-state index contributed by atoms with van der Waals surface area (Å²) >= 11 is 0. The molecular weight excluding hydrogens is 178 g/mol. The molecule has 0 saturated heterocycles. The van der Waals surface area contributed by atoms with Crippen LogP contribution in [0.4, 0.5) is 0 Å². The number of ether oxygens (including phenoxy) is 2. The van der Waals surface area contributed by atoms with Crippen LogP contribution in [-0.4, -0.2) is 39.5 Å². The van der Waals surface area contributed by atoms with Gasteiger partial charge in [0.15, 0.2) is 0 Å². The molecule has 0 amide bonds. The van der Waals surface area contributed by atoms with E-state index in [4.69, 9.17) is 9.47 Å². The van der Waals surface area contributed by atoms with Crippen LogP contribution in [0.1, 0.15) is 20.3 Å². The molecule has 1 rings (SSSR count). The van der Waals surface area contributed by atoms with E-state index in [0.717, 1.165) is 19.5 Å². The van der Waals surface area contributed by atoms with Gasteiger partial charge in [0.25, 0.3) is 0 Å². The van der Waals surface area contributed by atoms with Crippen molar-refractivity contribution in [3.05, 3.63) is 11.1 Å². The highest BCUT2D eigenvalue weighted by molar-refractivity contribution is 5.17. The van der Waals surface area contributed by atoms with Crippen molar-refractivity contribution in [2.45, 2.75) is 32.5 Å². The molecule has 3 nitrogen and oxygen atoms in total. The van der Waals surface area contributed by atoms with Crippen molar-refractivity contribution < 1.29 is 9.47 Å². The molecule has 1 heterocycles. The van der Waals surface area contributed by atoms with Crippen molar-refractivity contribution >= 4 is 0 Å². The van der Waals surface area contributed by atoms with E-state index in [2.05, 4.69) is 19.2 Å². The van der Waals surface area contributed by atoms with Crippen LogP contribution >= 0.6 is 0 Å². The van der Waals surface area contributed by atoms with Gasteiger partial charge in [-0.1, -0.05) is 5.57 Å². The first-order chi connectivity index (χ1) is 6.70. The van der Waals surface area contributed by atoms with E-state index < -0.39 is 0 Å². The molecule has 1 aliphatic heterocycles. The summed E-state index contributed by atoms with van der Waals surface area (Å²) in [4.78, 5) is 0. The first-order valence-electron chi connectivity index (χ1n) is 5.13. The molecule has 0 aliphatic carbocycles. The van der Waals surface area contributed by atoms with Crippen molar-refractivity contribution in [1.82, 2.24) is 5.32 Å². The van der Waals surface area contributed by atoms with Crippen LogP contribution in [0.3, 0.4) is 0 Å². The van der Waals surface area contributed by atoms with Crippen molar-refractivity contribution in [3.63, 3.8) is 0 Å². The summed E-state index contributed by atoms with van der Waals surface area (Å²) in [5.74, 6) is 0. The van der Waals surface area contributed by atoms with E-state index in [9.17, 15) is 0 Å². The molecule has 2 atom stereocenters. The zero-order valence-corrected chi connectivity index (χ0v) is 9.59. The van der Waals surface area contributed by atoms with Gasteiger partial charge in [-0.2, -0.15) is 0 Å². The van der Waals surface area contributed by atoms with E-state index >= 15 is 0 Å². The maximum atomic E-state index is 5.49. The summed E-state index contributed by atoms with van der Waals surface area (Å²) in [6.07, 6.45) is 1.31. The fourth-order valence-corrected chi connectivity index (χ4v) is 1.88. The average Bonchev–Trinajstić information content (AvgIpc) is 2.19. The minimum atomic E-state index is 0.0906. The highest BCUT2D eigenvalue weighted by atomic mass is 16.5. The number of hydrogen-bond acceptors (Lipinski definition) is 3. The van der Waals surface area contributed by atoms with Gasteiger partial charge in [-0.05, 0) is 32.4 Å². The number of rotatable bonds is 2. The molecule has 0 fully saturated rings. The minimum absolute atomic E-state index is 0.0906. The summed E-state index contributed by atoms with van der Waals surface area (Å²) in [5.41, 5.74) is 2.73. The lowest BCUT2D eigenvalue weighted by Crippen LogP contribution is -2.41. The van der Waals surface area contributed by atoms with Crippen LogP contribution < -0.4 is 5.32 Å². The van der Waals surface area contributed by atoms with E-state index in [1.807, 2.05) is 0 Å². The van der Waals surface area contributed by atoms with E-state index in [1.54, 1.807) is 14.2 Å². The molecule has 82 valence electrons. The Kier molecular flexibility index (Phi) is 4.58. The van der Waals surface area contributed by atoms with Crippen LogP contribution in [0.25, 0.3) is 0 Å². The number of methoxy groups -OCH3 is 2.